The molecule has 0 unspecified atom stereocenters. The van der Waals surface area contributed by atoms with Gasteiger partial charge < -0.3 is 5.32 Å². The van der Waals surface area contributed by atoms with Gasteiger partial charge in [-0.25, -0.2) is 4.68 Å². The van der Waals surface area contributed by atoms with E-state index < -0.39 is 0 Å². The van der Waals surface area contributed by atoms with Gasteiger partial charge in [-0.1, -0.05) is 6.07 Å². The van der Waals surface area contributed by atoms with Crippen LogP contribution in [0.15, 0.2) is 30.6 Å². The molecule has 16 heavy (non-hydrogen) atoms. The van der Waals surface area contributed by atoms with Crippen LogP contribution >= 0.6 is 0 Å². The smallest absolute Gasteiger partial charge is 0.143 e. The summed E-state index contributed by atoms with van der Waals surface area (Å²) in [5.74, 6) is 0. The van der Waals surface area contributed by atoms with E-state index in [2.05, 4.69) is 33.0 Å². The topological polar surface area (TPSA) is 55.6 Å². The molecule has 82 valence electrons. The van der Waals surface area contributed by atoms with Gasteiger partial charge >= 0.3 is 0 Å². The molecule has 1 fully saturated rings. The molecule has 0 aliphatic heterocycles. The van der Waals surface area contributed by atoms with Gasteiger partial charge in [-0.05, 0) is 47.9 Å². The minimum atomic E-state index is 0.643. The van der Waals surface area contributed by atoms with Crippen LogP contribution in [-0.4, -0.2) is 26.2 Å². The van der Waals surface area contributed by atoms with Crippen LogP contribution in [-0.2, 0) is 0 Å². The van der Waals surface area contributed by atoms with Crippen molar-refractivity contribution >= 4 is 5.69 Å². The molecule has 2 aromatic rings. The van der Waals surface area contributed by atoms with E-state index in [1.54, 1.807) is 11.0 Å². The first-order chi connectivity index (χ1) is 7.92. The van der Waals surface area contributed by atoms with Gasteiger partial charge in [0.05, 0.1) is 5.69 Å². The van der Waals surface area contributed by atoms with Gasteiger partial charge in [-0.2, -0.15) is 0 Å². The van der Waals surface area contributed by atoms with Crippen molar-refractivity contribution in [3.05, 3.63) is 30.6 Å². The van der Waals surface area contributed by atoms with Crippen LogP contribution in [0, 0.1) is 0 Å². The van der Waals surface area contributed by atoms with Crippen molar-refractivity contribution in [1.82, 2.24) is 20.2 Å². The summed E-state index contributed by atoms with van der Waals surface area (Å²) in [5, 5.41) is 14.6. The Morgan fingerprint density at radius 1 is 1.31 bits per heavy atom. The van der Waals surface area contributed by atoms with Crippen LogP contribution in [0.5, 0.6) is 0 Å². The molecule has 1 aliphatic carbocycles. The first-order valence-corrected chi connectivity index (χ1v) is 5.52. The number of aromatic nitrogens is 4. The number of benzene rings is 1. The first kappa shape index (κ1) is 9.33. The van der Waals surface area contributed by atoms with Gasteiger partial charge in [0, 0.05) is 11.7 Å². The number of hydrogen-bond acceptors (Lipinski definition) is 4. The molecule has 1 saturated carbocycles. The number of nitrogens with one attached hydrogen (secondary N) is 1. The Bertz CT molecular complexity index is 461. The number of hydrogen-bond donors (Lipinski definition) is 1. The molecule has 3 rings (SSSR count). The fourth-order valence-electron chi connectivity index (χ4n) is 1.81. The maximum atomic E-state index is 3.87. The maximum absolute atomic E-state index is 3.87. The van der Waals surface area contributed by atoms with Crippen molar-refractivity contribution in [2.24, 2.45) is 0 Å². The number of anilines is 1. The summed E-state index contributed by atoms with van der Waals surface area (Å²) in [6, 6.07) is 8.78. The highest BCUT2D eigenvalue weighted by Crippen LogP contribution is 2.24. The average Bonchev–Trinajstić information content (AvgIpc) is 2.77. The second-order valence-corrected chi connectivity index (χ2v) is 4.08. The fraction of sp³-hybridized carbons (Fsp3) is 0.364. The molecule has 0 atom stereocenters. The highest BCUT2D eigenvalue weighted by molar-refractivity contribution is 5.51. The summed E-state index contributed by atoms with van der Waals surface area (Å²) in [4.78, 5) is 0. The van der Waals surface area contributed by atoms with E-state index in [1.807, 2.05) is 12.1 Å². The van der Waals surface area contributed by atoms with Crippen LogP contribution in [0.1, 0.15) is 19.3 Å². The molecule has 0 radical (unpaired) electrons. The normalized spacial score (nSPS) is 15.8. The number of tetrazole rings is 1. The van der Waals surface area contributed by atoms with E-state index in [4.69, 9.17) is 0 Å². The summed E-state index contributed by atoms with van der Waals surface area (Å²) in [5.41, 5.74) is 2.12. The Balaban J connectivity index is 1.82. The lowest BCUT2D eigenvalue weighted by molar-refractivity contribution is 0.445. The Kier molecular flexibility index (Phi) is 2.29. The molecule has 1 N–H and O–H groups in total. The van der Waals surface area contributed by atoms with Gasteiger partial charge in [-0.3, -0.25) is 0 Å². The SMILES string of the molecule is c1cc(NC2CCC2)cc(-n2cnnn2)c1. The van der Waals surface area contributed by atoms with Gasteiger partial charge in [0.25, 0.3) is 0 Å². The molecule has 0 bridgehead atoms. The van der Waals surface area contributed by atoms with E-state index in [-0.39, 0.29) is 0 Å². The van der Waals surface area contributed by atoms with Crippen molar-refractivity contribution in [1.29, 1.82) is 0 Å². The van der Waals surface area contributed by atoms with Gasteiger partial charge in [0.15, 0.2) is 0 Å². The molecule has 5 heteroatoms. The summed E-state index contributed by atoms with van der Waals surface area (Å²) >= 11 is 0. The van der Waals surface area contributed by atoms with E-state index in [0.717, 1.165) is 11.4 Å². The molecule has 1 aliphatic rings. The van der Waals surface area contributed by atoms with Crippen molar-refractivity contribution in [2.45, 2.75) is 25.3 Å². The van der Waals surface area contributed by atoms with E-state index in [9.17, 15) is 0 Å². The fourth-order valence-corrected chi connectivity index (χ4v) is 1.81. The number of nitrogens with zero attached hydrogens (tertiary/aromatic N) is 4. The third kappa shape index (κ3) is 1.76. The number of rotatable bonds is 3. The van der Waals surface area contributed by atoms with Gasteiger partial charge in [0.1, 0.15) is 6.33 Å². The van der Waals surface area contributed by atoms with Gasteiger partial charge in [-0.15, -0.1) is 5.10 Å². The lowest BCUT2D eigenvalue weighted by Gasteiger charge is -2.27. The third-order valence-electron chi connectivity index (χ3n) is 2.94. The van der Waals surface area contributed by atoms with Crippen molar-refractivity contribution in [3.8, 4) is 5.69 Å². The molecule has 0 amide bonds. The highest BCUT2D eigenvalue weighted by Gasteiger charge is 2.16. The lowest BCUT2D eigenvalue weighted by Crippen LogP contribution is -2.26. The van der Waals surface area contributed by atoms with E-state index in [1.165, 1.54) is 19.3 Å². The molecular weight excluding hydrogens is 202 g/mol. The monoisotopic (exact) mass is 215 g/mol. The van der Waals surface area contributed by atoms with Crippen LogP contribution in [0.25, 0.3) is 5.69 Å². The highest BCUT2D eigenvalue weighted by atomic mass is 15.5. The predicted octanol–water partition coefficient (Wildman–Crippen LogP) is 1.63. The Morgan fingerprint density at radius 3 is 2.94 bits per heavy atom. The lowest BCUT2D eigenvalue weighted by atomic mass is 9.93. The Labute approximate surface area is 93.5 Å². The largest absolute Gasteiger partial charge is 0.382 e. The zero-order valence-electron chi connectivity index (χ0n) is 8.87. The molecule has 0 spiro atoms. The first-order valence-electron chi connectivity index (χ1n) is 5.52. The second kappa shape index (κ2) is 3.92. The molecule has 1 aromatic heterocycles. The quantitative estimate of drug-likeness (QED) is 0.845. The maximum Gasteiger partial charge on any atom is 0.143 e. The average molecular weight is 215 g/mol. The zero-order valence-corrected chi connectivity index (χ0v) is 8.87. The summed E-state index contributed by atoms with van der Waals surface area (Å²) < 4.78 is 1.66. The molecule has 0 saturated heterocycles. The molecule has 1 aromatic carbocycles. The summed E-state index contributed by atoms with van der Waals surface area (Å²) in [6.45, 7) is 0. The van der Waals surface area contributed by atoms with Crippen molar-refractivity contribution in [2.75, 3.05) is 5.32 Å². The zero-order chi connectivity index (χ0) is 10.8. The third-order valence-corrected chi connectivity index (χ3v) is 2.94. The molecular formula is C11H13N5. The van der Waals surface area contributed by atoms with Crippen molar-refractivity contribution in [3.63, 3.8) is 0 Å². The van der Waals surface area contributed by atoms with Crippen LogP contribution in [0.3, 0.4) is 0 Å². The second-order valence-electron chi connectivity index (χ2n) is 4.08. The van der Waals surface area contributed by atoms with Gasteiger partial charge in [0.2, 0.25) is 0 Å². The van der Waals surface area contributed by atoms with Crippen molar-refractivity contribution < 1.29 is 0 Å². The van der Waals surface area contributed by atoms with Crippen LogP contribution in [0.2, 0.25) is 0 Å². The standard InChI is InChI=1S/C11H13N5/c1-3-9(4-1)13-10-5-2-6-11(7-10)16-8-12-14-15-16/h2,5-9,13H,1,3-4H2. The Morgan fingerprint density at radius 2 is 2.25 bits per heavy atom. The summed E-state index contributed by atoms with van der Waals surface area (Å²) in [6.07, 6.45) is 5.48. The summed E-state index contributed by atoms with van der Waals surface area (Å²) in [7, 11) is 0. The van der Waals surface area contributed by atoms with E-state index in [0.29, 0.717) is 6.04 Å². The van der Waals surface area contributed by atoms with Crippen LogP contribution < -0.4 is 5.32 Å². The molecule has 5 nitrogen and oxygen atoms in total. The minimum absolute atomic E-state index is 0.643. The minimum Gasteiger partial charge on any atom is -0.382 e. The van der Waals surface area contributed by atoms with E-state index >= 15 is 0 Å². The predicted molar refractivity (Wildman–Crippen MR) is 60.4 cm³/mol. The molecule has 1 heterocycles. The Hall–Kier alpha value is -1.91. The van der Waals surface area contributed by atoms with Crippen LogP contribution in [0.4, 0.5) is 5.69 Å².